The summed E-state index contributed by atoms with van der Waals surface area (Å²) < 4.78 is 1.10. The standard InChI is InChI=1S/C10H9ClOS2/c1-13-9-4-8(11)6-2-3-14-10(6)7(9)5-12/h2-4,12H,5H2,1H3. The van der Waals surface area contributed by atoms with Crippen molar-refractivity contribution in [3.05, 3.63) is 28.1 Å². The second-order valence-corrected chi connectivity index (χ2v) is 5.03. The third-order valence-corrected chi connectivity index (χ3v) is 4.22. The molecule has 0 bridgehead atoms. The Morgan fingerprint density at radius 2 is 2.36 bits per heavy atom. The molecule has 0 radical (unpaired) electrons. The summed E-state index contributed by atoms with van der Waals surface area (Å²) in [4.78, 5) is 1.06. The molecular formula is C10H9ClOS2. The Morgan fingerprint density at radius 3 is 3.00 bits per heavy atom. The van der Waals surface area contributed by atoms with Crippen molar-refractivity contribution in [2.45, 2.75) is 11.5 Å². The van der Waals surface area contributed by atoms with Gasteiger partial charge in [0, 0.05) is 20.5 Å². The molecule has 1 nitrogen and oxygen atoms in total. The summed E-state index contributed by atoms with van der Waals surface area (Å²) in [7, 11) is 0. The minimum absolute atomic E-state index is 0.0738. The van der Waals surface area contributed by atoms with Gasteiger partial charge in [-0.15, -0.1) is 23.1 Å². The lowest BCUT2D eigenvalue weighted by molar-refractivity contribution is 0.281. The van der Waals surface area contributed by atoms with Gasteiger partial charge in [-0.05, 0) is 23.8 Å². The lowest BCUT2D eigenvalue weighted by Crippen LogP contribution is -1.87. The molecule has 0 saturated heterocycles. The summed E-state index contributed by atoms with van der Waals surface area (Å²) in [5.41, 5.74) is 0.993. The van der Waals surface area contributed by atoms with Crippen molar-refractivity contribution in [1.29, 1.82) is 0 Å². The number of fused-ring (bicyclic) bond motifs is 1. The van der Waals surface area contributed by atoms with E-state index in [-0.39, 0.29) is 6.61 Å². The van der Waals surface area contributed by atoms with Crippen LogP contribution in [0.15, 0.2) is 22.4 Å². The molecule has 1 aromatic carbocycles. The topological polar surface area (TPSA) is 20.2 Å². The highest BCUT2D eigenvalue weighted by molar-refractivity contribution is 7.98. The maximum Gasteiger partial charge on any atom is 0.0706 e. The van der Waals surface area contributed by atoms with Crippen molar-refractivity contribution >= 4 is 44.8 Å². The van der Waals surface area contributed by atoms with E-state index in [1.54, 1.807) is 23.1 Å². The third kappa shape index (κ3) is 1.54. The molecular weight excluding hydrogens is 236 g/mol. The first-order chi connectivity index (χ1) is 6.77. The van der Waals surface area contributed by atoms with E-state index in [0.717, 1.165) is 25.6 Å². The van der Waals surface area contributed by atoms with E-state index in [2.05, 4.69) is 0 Å². The van der Waals surface area contributed by atoms with Crippen LogP contribution in [-0.4, -0.2) is 11.4 Å². The molecule has 2 rings (SSSR count). The molecule has 1 aromatic heterocycles. The van der Waals surface area contributed by atoms with Gasteiger partial charge >= 0.3 is 0 Å². The lowest BCUT2D eigenvalue weighted by Gasteiger charge is -2.07. The highest BCUT2D eigenvalue weighted by Gasteiger charge is 2.10. The number of benzene rings is 1. The Balaban J connectivity index is 2.82. The van der Waals surface area contributed by atoms with Crippen LogP contribution in [0.1, 0.15) is 5.56 Å². The number of thioether (sulfide) groups is 1. The molecule has 2 aromatic rings. The average Bonchev–Trinajstić information content (AvgIpc) is 2.66. The number of rotatable bonds is 2. The van der Waals surface area contributed by atoms with Crippen molar-refractivity contribution in [3.63, 3.8) is 0 Å². The summed E-state index contributed by atoms with van der Waals surface area (Å²) in [5, 5.41) is 13.1. The van der Waals surface area contributed by atoms with Crippen LogP contribution in [0.3, 0.4) is 0 Å². The molecule has 74 valence electrons. The second kappa shape index (κ2) is 4.11. The van der Waals surface area contributed by atoms with Gasteiger partial charge in [0.25, 0.3) is 0 Å². The minimum atomic E-state index is 0.0738. The predicted molar refractivity (Wildman–Crippen MR) is 64.5 cm³/mol. The zero-order valence-electron chi connectivity index (χ0n) is 7.58. The van der Waals surface area contributed by atoms with E-state index in [1.807, 2.05) is 23.8 Å². The van der Waals surface area contributed by atoms with Crippen molar-refractivity contribution in [2.24, 2.45) is 0 Å². The summed E-state index contributed by atoms with van der Waals surface area (Å²) in [6.45, 7) is 0.0738. The monoisotopic (exact) mass is 244 g/mol. The van der Waals surface area contributed by atoms with Gasteiger partial charge in [-0.3, -0.25) is 0 Å². The fraction of sp³-hybridized carbons (Fsp3) is 0.200. The molecule has 1 heterocycles. The molecule has 0 spiro atoms. The van der Waals surface area contributed by atoms with Crippen LogP contribution in [0.2, 0.25) is 5.02 Å². The second-order valence-electron chi connectivity index (χ2n) is 2.86. The third-order valence-electron chi connectivity index (χ3n) is 2.13. The van der Waals surface area contributed by atoms with Crippen molar-refractivity contribution in [1.82, 2.24) is 0 Å². The minimum Gasteiger partial charge on any atom is -0.392 e. The maximum atomic E-state index is 9.31. The van der Waals surface area contributed by atoms with E-state index in [0.29, 0.717) is 0 Å². The van der Waals surface area contributed by atoms with Gasteiger partial charge in [0.05, 0.1) is 11.6 Å². The number of hydrogen-bond acceptors (Lipinski definition) is 3. The molecule has 0 amide bonds. The van der Waals surface area contributed by atoms with Gasteiger partial charge in [0.15, 0.2) is 0 Å². The molecule has 4 heteroatoms. The van der Waals surface area contributed by atoms with E-state index in [1.165, 1.54) is 0 Å². The normalized spacial score (nSPS) is 11.1. The van der Waals surface area contributed by atoms with Crippen LogP contribution < -0.4 is 0 Å². The van der Waals surface area contributed by atoms with E-state index in [4.69, 9.17) is 11.6 Å². The molecule has 0 aliphatic rings. The first-order valence-corrected chi connectivity index (χ1v) is 6.59. The summed E-state index contributed by atoms with van der Waals surface area (Å²) in [6.07, 6.45) is 1.99. The number of halogens is 1. The quantitative estimate of drug-likeness (QED) is 0.812. The summed E-state index contributed by atoms with van der Waals surface area (Å²) in [6, 6.07) is 3.92. The lowest BCUT2D eigenvalue weighted by atomic mass is 10.2. The van der Waals surface area contributed by atoms with Crippen LogP contribution in [0.4, 0.5) is 0 Å². The van der Waals surface area contributed by atoms with E-state index < -0.39 is 0 Å². The van der Waals surface area contributed by atoms with Crippen LogP contribution in [-0.2, 0) is 6.61 Å². The van der Waals surface area contributed by atoms with Gasteiger partial charge in [0.2, 0.25) is 0 Å². The zero-order chi connectivity index (χ0) is 10.1. The van der Waals surface area contributed by atoms with E-state index in [9.17, 15) is 5.11 Å². The Morgan fingerprint density at radius 1 is 1.57 bits per heavy atom. The fourth-order valence-corrected chi connectivity index (χ4v) is 3.52. The Kier molecular flexibility index (Phi) is 3.02. The number of aliphatic hydroxyl groups excluding tert-OH is 1. The maximum absolute atomic E-state index is 9.31. The predicted octanol–water partition coefficient (Wildman–Crippen LogP) is 3.77. The van der Waals surface area contributed by atoms with Crippen LogP contribution in [0, 0.1) is 0 Å². The molecule has 0 unspecified atom stereocenters. The molecule has 0 saturated carbocycles. The first-order valence-electron chi connectivity index (χ1n) is 4.11. The molecule has 0 aliphatic carbocycles. The first kappa shape index (κ1) is 10.3. The Bertz CT molecular complexity index is 464. The Hall–Kier alpha value is -0.220. The largest absolute Gasteiger partial charge is 0.392 e. The van der Waals surface area contributed by atoms with Gasteiger partial charge in [-0.25, -0.2) is 0 Å². The fourth-order valence-electron chi connectivity index (χ4n) is 1.45. The van der Waals surface area contributed by atoms with Gasteiger partial charge in [-0.1, -0.05) is 11.6 Å². The van der Waals surface area contributed by atoms with Gasteiger partial charge in [0.1, 0.15) is 0 Å². The molecule has 0 atom stereocenters. The average molecular weight is 245 g/mol. The summed E-state index contributed by atoms with van der Waals surface area (Å²) in [5.74, 6) is 0. The molecule has 0 aliphatic heterocycles. The number of aliphatic hydroxyl groups is 1. The van der Waals surface area contributed by atoms with Gasteiger partial charge in [-0.2, -0.15) is 0 Å². The SMILES string of the molecule is CSc1cc(Cl)c2ccsc2c1CO. The van der Waals surface area contributed by atoms with Crippen molar-refractivity contribution in [2.75, 3.05) is 6.26 Å². The molecule has 14 heavy (non-hydrogen) atoms. The van der Waals surface area contributed by atoms with E-state index >= 15 is 0 Å². The van der Waals surface area contributed by atoms with Crippen molar-refractivity contribution in [3.8, 4) is 0 Å². The van der Waals surface area contributed by atoms with Crippen LogP contribution >= 0.6 is 34.7 Å². The molecule has 0 fully saturated rings. The Labute approximate surface area is 95.7 Å². The zero-order valence-corrected chi connectivity index (χ0v) is 9.97. The van der Waals surface area contributed by atoms with Gasteiger partial charge < -0.3 is 5.11 Å². The summed E-state index contributed by atoms with van der Waals surface area (Å²) >= 11 is 9.36. The van der Waals surface area contributed by atoms with Crippen LogP contribution in [0.5, 0.6) is 0 Å². The molecule has 1 N–H and O–H groups in total. The smallest absolute Gasteiger partial charge is 0.0706 e. The van der Waals surface area contributed by atoms with Crippen molar-refractivity contribution < 1.29 is 5.11 Å². The number of thiophene rings is 1. The highest BCUT2D eigenvalue weighted by atomic mass is 35.5. The highest BCUT2D eigenvalue weighted by Crippen LogP contribution is 2.36. The number of hydrogen-bond donors (Lipinski definition) is 1. The van der Waals surface area contributed by atoms with Crippen LogP contribution in [0.25, 0.3) is 10.1 Å².